The van der Waals surface area contributed by atoms with Crippen molar-refractivity contribution in [2.24, 2.45) is 0 Å². The van der Waals surface area contributed by atoms with Crippen molar-refractivity contribution in [1.82, 2.24) is 5.32 Å². The lowest BCUT2D eigenvalue weighted by atomic mass is 9.98. The standard InChI is InChI=1S/C15H24N2O/c1-12(16-8-3-9-18)10-13-5-6-15-14(11-13)4-2-7-17-15/h5-6,11-12,16-18H,2-4,7-10H2,1H3. The molecule has 0 aromatic heterocycles. The summed E-state index contributed by atoms with van der Waals surface area (Å²) in [6, 6.07) is 7.24. The van der Waals surface area contributed by atoms with E-state index in [1.807, 2.05) is 0 Å². The Balaban J connectivity index is 1.89. The predicted molar refractivity (Wildman–Crippen MR) is 76.1 cm³/mol. The van der Waals surface area contributed by atoms with Crippen LogP contribution >= 0.6 is 0 Å². The molecule has 1 atom stereocenters. The molecule has 0 amide bonds. The quantitative estimate of drug-likeness (QED) is 0.674. The minimum Gasteiger partial charge on any atom is -0.396 e. The smallest absolute Gasteiger partial charge is 0.0443 e. The molecule has 0 radical (unpaired) electrons. The first kappa shape index (κ1) is 13.4. The maximum Gasteiger partial charge on any atom is 0.0443 e. The van der Waals surface area contributed by atoms with Crippen molar-refractivity contribution in [3.05, 3.63) is 29.3 Å². The van der Waals surface area contributed by atoms with Gasteiger partial charge in [0.15, 0.2) is 0 Å². The highest BCUT2D eigenvalue weighted by Gasteiger charge is 2.10. The highest BCUT2D eigenvalue weighted by atomic mass is 16.3. The maximum atomic E-state index is 8.75. The van der Waals surface area contributed by atoms with Gasteiger partial charge in [-0.05, 0) is 56.3 Å². The van der Waals surface area contributed by atoms with E-state index in [2.05, 4.69) is 35.8 Å². The first-order chi connectivity index (χ1) is 8.79. The Morgan fingerprint density at radius 1 is 1.44 bits per heavy atom. The molecule has 1 heterocycles. The van der Waals surface area contributed by atoms with Crippen LogP contribution in [0.15, 0.2) is 18.2 Å². The minimum atomic E-state index is 0.268. The normalized spacial score (nSPS) is 15.9. The Bertz CT molecular complexity index is 379. The van der Waals surface area contributed by atoms with Crippen molar-refractivity contribution in [3.63, 3.8) is 0 Å². The topological polar surface area (TPSA) is 44.3 Å². The van der Waals surface area contributed by atoms with Crippen LogP contribution in [0.5, 0.6) is 0 Å². The molecular weight excluding hydrogens is 224 g/mol. The van der Waals surface area contributed by atoms with E-state index in [1.165, 1.54) is 29.7 Å². The van der Waals surface area contributed by atoms with Gasteiger partial charge >= 0.3 is 0 Å². The first-order valence-corrected chi connectivity index (χ1v) is 6.99. The summed E-state index contributed by atoms with van der Waals surface area (Å²) < 4.78 is 0. The summed E-state index contributed by atoms with van der Waals surface area (Å²) in [6.45, 7) is 4.47. The van der Waals surface area contributed by atoms with Crippen LogP contribution < -0.4 is 10.6 Å². The Hall–Kier alpha value is -1.06. The number of fused-ring (bicyclic) bond motifs is 1. The molecule has 0 fully saturated rings. The second kappa shape index (κ2) is 6.76. The largest absolute Gasteiger partial charge is 0.396 e. The molecule has 0 saturated heterocycles. The predicted octanol–water partition coefficient (Wildman–Crippen LogP) is 1.95. The van der Waals surface area contributed by atoms with Gasteiger partial charge in [0.1, 0.15) is 0 Å². The van der Waals surface area contributed by atoms with Crippen molar-refractivity contribution in [2.75, 3.05) is 25.0 Å². The Morgan fingerprint density at radius 2 is 2.33 bits per heavy atom. The van der Waals surface area contributed by atoms with Crippen molar-refractivity contribution >= 4 is 5.69 Å². The summed E-state index contributed by atoms with van der Waals surface area (Å²) in [6.07, 6.45) is 4.32. The van der Waals surface area contributed by atoms with Gasteiger partial charge in [-0.1, -0.05) is 12.1 Å². The number of aliphatic hydroxyl groups is 1. The molecule has 1 aromatic rings. The minimum absolute atomic E-state index is 0.268. The molecule has 1 aromatic carbocycles. The van der Waals surface area contributed by atoms with E-state index >= 15 is 0 Å². The summed E-state index contributed by atoms with van der Waals surface area (Å²) in [7, 11) is 0. The fourth-order valence-electron chi connectivity index (χ4n) is 2.51. The molecule has 1 aliphatic rings. The zero-order chi connectivity index (χ0) is 12.8. The number of nitrogens with one attached hydrogen (secondary N) is 2. The first-order valence-electron chi connectivity index (χ1n) is 6.99. The summed E-state index contributed by atoms with van der Waals surface area (Å²) >= 11 is 0. The Kier molecular flexibility index (Phi) is 5.02. The molecule has 3 heteroatoms. The number of benzene rings is 1. The number of aryl methyl sites for hydroxylation is 1. The lowest BCUT2D eigenvalue weighted by Gasteiger charge is -2.20. The average molecular weight is 248 g/mol. The van der Waals surface area contributed by atoms with E-state index in [0.717, 1.165) is 25.9 Å². The van der Waals surface area contributed by atoms with E-state index in [0.29, 0.717) is 6.04 Å². The average Bonchev–Trinajstić information content (AvgIpc) is 2.39. The number of hydrogen-bond acceptors (Lipinski definition) is 3. The highest BCUT2D eigenvalue weighted by Crippen LogP contribution is 2.23. The summed E-state index contributed by atoms with van der Waals surface area (Å²) in [5.41, 5.74) is 4.17. The monoisotopic (exact) mass is 248 g/mol. The number of aliphatic hydroxyl groups excluding tert-OH is 1. The van der Waals surface area contributed by atoms with E-state index in [-0.39, 0.29) is 6.61 Å². The molecule has 1 aliphatic heterocycles. The van der Waals surface area contributed by atoms with E-state index in [1.54, 1.807) is 0 Å². The van der Waals surface area contributed by atoms with Crippen LogP contribution in [0.2, 0.25) is 0 Å². The van der Waals surface area contributed by atoms with Crippen LogP contribution in [0, 0.1) is 0 Å². The number of rotatable bonds is 6. The zero-order valence-electron chi connectivity index (χ0n) is 11.2. The van der Waals surface area contributed by atoms with Gasteiger partial charge in [-0.3, -0.25) is 0 Å². The number of anilines is 1. The molecular formula is C15H24N2O. The van der Waals surface area contributed by atoms with Gasteiger partial charge in [0, 0.05) is 24.9 Å². The molecule has 0 spiro atoms. The van der Waals surface area contributed by atoms with E-state index in [4.69, 9.17) is 5.11 Å². The van der Waals surface area contributed by atoms with Crippen LogP contribution in [0.1, 0.15) is 30.9 Å². The van der Waals surface area contributed by atoms with Gasteiger partial charge in [0.2, 0.25) is 0 Å². The summed E-state index contributed by atoms with van der Waals surface area (Å²) in [5.74, 6) is 0. The third-order valence-electron chi connectivity index (χ3n) is 3.48. The van der Waals surface area contributed by atoms with E-state index < -0.39 is 0 Å². The van der Waals surface area contributed by atoms with Crippen LogP contribution in [0.3, 0.4) is 0 Å². The summed E-state index contributed by atoms with van der Waals surface area (Å²) in [4.78, 5) is 0. The second-order valence-electron chi connectivity index (χ2n) is 5.16. The molecule has 3 N–H and O–H groups in total. The molecule has 18 heavy (non-hydrogen) atoms. The number of hydrogen-bond donors (Lipinski definition) is 3. The lowest BCUT2D eigenvalue weighted by molar-refractivity contribution is 0.283. The molecule has 0 saturated carbocycles. The van der Waals surface area contributed by atoms with Gasteiger partial charge in [-0.15, -0.1) is 0 Å². The van der Waals surface area contributed by atoms with Crippen LogP contribution in [0.4, 0.5) is 5.69 Å². The highest BCUT2D eigenvalue weighted by molar-refractivity contribution is 5.54. The lowest BCUT2D eigenvalue weighted by Crippen LogP contribution is -2.29. The van der Waals surface area contributed by atoms with Gasteiger partial charge < -0.3 is 15.7 Å². The second-order valence-corrected chi connectivity index (χ2v) is 5.16. The van der Waals surface area contributed by atoms with Crippen LogP contribution in [-0.2, 0) is 12.8 Å². The van der Waals surface area contributed by atoms with Crippen LogP contribution in [0.25, 0.3) is 0 Å². The molecule has 2 rings (SSSR count). The molecule has 0 bridgehead atoms. The molecule has 1 unspecified atom stereocenters. The van der Waals surface area contributed by atoms with Crippen molar-refractivity contribution in [2.45, 2.75) is 38.6 Å². The third kappa shape index (κ3) is 3.72. The zero-order valence-corrected chi connectivity index (χ0v) is 11.2. The van der Waals surface area contributed by atoms with Crippen LogP contribution in [-0.4, -0.2) is 30.8 Å². The Labute approximate surface area is 110 Å². The van der Waals surface area contributed by atoms with Crippen molar-refractivity contribution in [3.8, 4) is 0 Å². The van der Waals surface area contributed by atoms with Crippen molar-refractivity contribution in [1.29, 1.82) is 0 Å². The van der Waals surface area contributed by atoms with Gasteiger partial charge in [-0.25, -0.2) is 0 Å². The SMILES string of the molecule is CC(Cc1ccc2c(c1)CCCN2)NCCCO. The van der Waals surface area contributed by atoms with Crippen molar-refractivity contribution < 1.29 is 5.11 Å². The fourth-order valence-corrected chi connectivity index (χ4v) is 2.51. The van der Waals surface area contributed by atoms with Gasteiger partial charge in [0.25, 0.3) is 0 Å². The molecule has 0 aliphatic carbocycles. The van der Waals surface area contributed by atoms with Gasteiger partial charge in [0.05, 0.1) is 0 Å². The maximum absolute atomic E-state index is 8.75. The van der Waals surface area contributed by atoms with E-state index in [9.17, 15) is 0 Å². The Morgan fingerprint density at radius 3 is 3.17 bits per heavy atom. The third-order valence-corrected chi connectivity index (χ3v) is 3.48. The van der Waals surface area contributed by atoms with Gasteiger partial charge in [-0.2, -0.15) is 0 Å². The molecule has 100 valence electrons. The fraction of sp³-hybridized carbons (Fsp3) is 0.600. The summed E-state index contributed by atoms with van der Waals surface area (Å²) in [5, 5.41) is 15.6. The molecule has 3 nitrogen and oxygen atoms in total.